The summed E-state index contributed by atoms with van der Waals surface area (Å²) < 4.78 is 0. The lowest BCUT2D eigenvalue weighted by atomic mass is 10.1. The predicted octanol–water partition coefficient (Wildman–Crippen LogP) is 2.80. The molecule has 0 bridgehead atoms. The summed E-state index contributed by atoms with van der Waals surface area (Å²) in [5.41, 5.74) is 0.675. The average molecular weight is 279 g/mol. The van der Waals surface area contributed by atoms with Crippen molar-refractivity contribution in [3.8, 4) is 0 Å². The summed E-state index contributed by atoms with van der Waals surface area (Å²) in [5.74, 6) is 0.223. The molecule has 2 N–H and O–H groups in total. The lowest BCUT2D eigenvalue weighted by Crippen LogP contribution is -2.22. The van der Waals surface area contributed by atoms with Gasteiger partial charge in [-0.05, 0) is 31.4 Å². The monoisotopic (exact) mass is 279 g/mol. The van der Waals surface area contributed by atoms with Crippen molar-refractivity contribution in [3.05, 3.63) is 33.9 Å². The maximum Gasteiger partial charge on any atom is 0.293 e. The topological polar surface area (TPSA) is 84.3 Å². The largest absolute Gasteiger partial charge is 0.379 e. The van der Waals surface area contributed by atoms with Crippen molar-refractivity contribution in [2.45, 2.75) is 27.2 Å². The third-order valence-corrected chi connectivity index (χ3v) is 2.83. The van der Waals surface area contributed by atoms with Gasteiger partial charge in [-0.15, -0.1) is 0 Å². The smallest absolute Gasteiger partial charge is 0.293 e. The van der Waals surface area contributed by atoms with E-state index in [1.807, 2.05) is 0 Å². The van der Waals surface area contributed by atoms with Gasteiger partial charge in [0.05, 0.1) is 4.92 Å². The van der Waals surface area contributed by atoms with Gasteiger partial charge in [-0.1, -0.05) is 13.8 Å². The maximum atomic E-state index is 11.7. The molecule has 1 rings (SSSR count). The molecule has 0 fully saturated rings. The van der Waals surface area contributed by atoms with Gasteiger partial charge in [-0.25, -0.2) is 0 Å². The Kier molecular flexibility index (Phi) is 5.96. The number of benzene rings is 1. The molecule has 6 heteroatoms. The number of nitro groups is 1. The van der Waals surface area contributed by atoms with E-state index in [-0.39, 0.29) is 11.6 Å². The zero-order valence-corrected chi connectivity index (χ0v) is 12.1. The summed E-state index contributed by atoms with van der Waals surface area (Å²) in [5, 5.41) is 16.8. The second-order valence-electron chi connectivity index (χ2n) is 4.96. The van der Waals surface area contributed by atoms with Gasteiger partial charge in [-0.2, -0.15) is 0 Å². The summed E-state index contributed by atoms with van der Waals surface area (Å²) in [6.07, 6.45) is 0.926. The molecule has 1 amide bonds. The normalized spacial score (nSPS) is 10.4. The number of carbonyl (C=O) groups is 1. The van der Waals surface area contributed by atoms with Crippen LogP contribution < -0.4 is 10.6 Å². The number of hydrogen-bond donors (Lipinski definition) is 2. The van der Waals surface area contributed by atoms with Gasteiger partial charge in [0.25, 0.3) is 11.6 Å². The van der Waals surface area contributed by atoms with Crippen LogP contribution in [0.25, 0.3) is 0 Å². The summed E-state index contributed by atoms with van der Waals surface area (Å²) in [4.78, 5) is 22.3. The van der Waals surface area contributed by atoms with Crippen molar-refractivity contribution in [2.24, 2.45) is 5.92 Å². The minimum Gasteiger partial charge on any atom is -0.379 e. The Labute approximate surface area is 118 Å². The first kappa shape index (κ1) is 15.9. The van der Waals surface area contributed by atoms with Crippen molar-refractivity contribution in [1.29, 1.82) is 0 Å². The lowest BCUT2D eigenvalue weighted by molar-refractivity contribution is -0.384. The van der Waals surface area contributed by atoms with Crippen LogP contribution in [0.4, 0.5) is 11.4 Å². The maximum absolute atomic E-state index is 11.7. The quantitative estimate of drug-likeness (QED) is 0.593. The number of amides is 1. The first-order valence-corrected chi connectivity index (χ1v) is 6.76. The van der Waals surface area contributed by atoms with Gasteiger partial charge in [0, 0.05) is 24.7 Å². The molecule has 0 aliphatic rings. The summed E-state index contributed by atoms with van der Waals surface area (Å²) in [7, 11) is 0. The molecule has 110 valence electrons. The summed E-state index contributed by atoms with van der Waals surface area (Å²) >= 11 is 0. The third-order valence-electron chi connectivity index (χ3n) is 2.83. The van der Waals surface area contributed by atoms with E-state index in [1.54, 1.807) is 19.1 Å². The molecular formula is C14H21N3O3. The highest BCUT2D eigenvalue weighted by Gasteiger charge is 2.17. The second kappa shape index (κ2) is 7.47. The number of nitro benzene ring substituents is 1. The van der Waals surface area contributed by atoms with Crippen molar-refractivity contribution in [1.82, 2.24) is 5.32 Å². The van der Waals surface area contributed by atoms with Crippen molar-refractivity contribution < 1.29 is 9.72 Å². The Morgan fingerprint density at radius 2 is 2.10 bits per heavy atom. The van der Waals surface area contributed by atoms with Crippen LogP contribution in [0.5, 0.6) is 0 Å². The highest BCUT2D eigenvalue weighted by Crippen LogP contribution is 2.25. The van der Waals surface area contributed by atoms with E-state index in [1.165, 1.54) is 6.07 Å². The van der Waals surface area contributed by atoms with Crippen LogP contribution in [0.1, 0.15) is 37.6 Å². The van der Waals surface area contributed by atoms with Crippen LogP contribution in [-0.4, -0.2) is 23.9 Å². The molecule has 1 aromatic rings. The summed E-state index contributed by atoms with van der Waals surface area (Å²) in [6.45, 7) is 7.14. The van der Waals surface area contributed by atoms with Crippen LogP contribution in [0.3, 0.4) is 0 Å². The molecule has 0 aliphatic heterocycles. The number of anilines is 1. The molecule has 0 saturated heterocycles. The highest BCUT2D eigenvalue weighted by molar-refractivity contribution is 5.95. The zero-order valence-electron chi connectivity index (χ0n) is 12.1. The molecular weight excluding hydrogens is 258 g/mol. The lowest BCUT2D eigenvalue weighted by Gasteiger charge is -2.10. The minimum absolute atomic E-state index is 0.0718. The molecule has 6 nitrogen and oxygen atoms in total. The molecule has 1 aromatic carbocycles. The van der Waals surface area contributed by atoms with E-state index < -0.39 is 4.92 Å². The number of carbonyl (C=O) groups excluding carboxylic acids is 1. The molecule has 20 heavy (non-hydrogen) atoms. The third kappa shape index (κ3) is 4.53. The van der Waals surface area contributed by atoms with Gasteiger partial charge >= 0.3 is 0 Å². The number of rotatable bonds is 7. The Morgan fingerprint density at radius 1 is 1.40 bits per heavy atom. The Bertz CT molecular complexity index is 487. The van der Waals surface area contributed by atoms with Crippen molar-refractivity contribution in [3.63, 3.8) is 0 Å². The SMILES string of the molecule is CCNC(=O)c1ccc(NCCC(C)C)c([N+](=O)[O-])c1. The van der Waals surface area contributed by atoms with Gasteiger partial charge in [0.1, 0.15) is 5.69 Å². The van der Waals surface area contributed by atoms with Gasteiger partial charge < -0.3 is 10.6 Å². The van der Waals surface area contributed by atoms with E-state index in [2.05, 4.69) is 24.5 Å². The fourth-order valence-electron chi connectivity index (χ4n) is 1.73. The van der Waals surface area contributed by atoms with Gasteiger partial charge in [-0.3, -0.25) is 14.9 Å². The van der Waals surface area contributed by atoms with Crippen molar-refractivity contribution >= 4 is 17.3 Å². The van der Waals surface area contributed by atoms with Crippen LogP contribution in [-0.2, 0) is 0 Å². The molecule has 0 saturated carbocycles. The standard InChI is InChI=1S/C14H21N3O3/c1-4-15-14(18)11-5-6-12(13(9-11)17(19)20)16-8-7-10(2)3/h5-6,9-10,16H,4,7-8H2,1-3H3,(H,15,18). The van der Waals surface area contributed by atoms with E-state index >= 15 is 0 Å². The fourth-order valence-corrected chi connectivity index (χ4v) is 1.73. The predicted molar refractivity (Wildman–Crippen MR) is 79.0 cm³/mol. The van der Waals surface area contributed by atoms with Crippen molar-refractivity contribution in [2.75, 3.05) is 18.4 Å². The van der Waals surface area contributed by atoms with E-state index in [0.717, 1.165) is 6.42 Å². The number of nitrogens with one attached hydrogen (secondary N) is 2. The van der Waals surface area contributed by atoms with Crippen LogP contribution in [0.15, 0.2) is 18.2 Å². The first-order chi connectivity index (χ1) is 9.45. The molecule has 0 heterocycles. The van der Waals surface area contributed by atoms with Gasteiger partial charge in [0.15, 0.2) is 0 Å². The van der Waals surface area contributed by atoms with E-state index in [0.29, 0.717) is 30.3 Å². The Hall–Kier alpha value is -2.11. The zero-order chi connectivity index (χ0) is 15.1. The summed E-state index contributed by atoms with van der Waals surface area (Å²) in [6, 6.07) is 4.49. The number of nitrogens with zero attached hydrogens (tertiary/aromatic N) is 1. The average Bonchev–Trinajstić information content (AvgIpc) is 2.38. The molecule has 0 aromatic heterocycles. The molecule has 0 unspecified atom stereocenters. The fraction of sp³-hybridized carbons (Fsp3) is 0.500. The van der Waals surface area contributed by atoms with E-state index in [4.69, 9.17) is 0 Å². The van der Waals surface area contributed by atoms with Crippen LogP contribution in [0, 0.1) is 16.0 Å². The second-order valence-corrected chi connectivity index (χ2v) is 4.96. The highest BCUT2D eigenvalue weighted by atomic mass is 16.6. The van der Waals surface area contributed by atoms with E-state index in [9.17, 15) is 14.9 Å². The Morgan fingerprint density at radius 3 is 2.65 bits per heavy atom. The molecule has 0 radical (unpaired) electrons. The molecule has 0 atom stereocenters. The van der Waals surface area contributed by atoms with Crippen LogP contribution >= 0.6 is 0 Å². The Balaban J connectivity index is 2.90. The first-order valence-electron chi connectivity index (χ1n) is 6.76. The van der Waals surface area contributed by atoms with Gasteiger partial charge in [0.2, 0.25) is 0 Å². The van der Waals surface area contributed by atoms with Crippen LogP contribution in [0.2, 0.25) is 0 Å². The molecule has 0 aliphatic carbocycles. The minimum atomic E-state index is -0.472. The molecule has 0 spiro atoms. The number of hydrogen-bond acceptors (Lipinski definition) is 4.